The van der Waals surface area contributed by atoms with E-state index < -0.39 is 6.10 Å². The molecule has 1 saturated heterocycles. The summed E-state index contributed by atoms with van der Waals surface area (Å²) in [7, 11) is 0. The Bertz CT molecular complexity index is 572. The third-order valence-corrected chi connectivity index (χ3v) is 4.47. The van der Waals surface area contributed by atoms with Crippen LogP contribution in [0.2, 0.25) is 0 Å². The quantitative estimate of drug-likeness (QED) is 0.857. The summed E-state index contributed by atoms with van der Waals surface area (Å²) in [6.07, 6.45) is 0.237. The highest BCUT2D eigenvalue weighted by atomic mass is 16.3. The van der Waals surface area contributed by atoms with E-state index >= 15 is 0 Å². The van der Waals surface area contributed by atoms with Crippen molar-refractivity contribution in [3.63, 3.8) is 0 Å². The zero-order chi connectivity index (χ0) is 15.0. The van der Waals surface area contributed by atoms with Crippen LogP contribution < -0.4 is 5.32 Å². The van der Waals surface area contributed by atoms with E-state index in [4.69, 9.17) is 0 Å². The number of nitrogens with one attached hydrogen (secondary N) is 1. The van der Waals surface area contributed by atoms with Gasteiger partial charge in [0.25, 0.3) is 0 Å². The minimum atomic E-state index is -0.592. The average molecular weight is 288 g/mol. The van der Waals surface area contributed by atoms with Gasteiger partial charge in [-0.1, -0.05) is 24.3 Å². The molecule has 1 heterocycles. The summed E-state index contributed by atoms with van der Waals surface area (Å²) in [5.74, 6) is -0.414. The van der Waals surface area contributed by atoms with Crippen molar-refractivity contribution in [3.8, 4) is 0 Å². The third kappa shape index (κ3) is 2.53. The van der Waals surface area contributed by atoms with Gasteiger partial charge in [0.15, 0.2) is 0 Å². The Morgan fingerprint density at radius 2 is 2.14 bits per heavy atom. The van der Waals surface area contributed by atoms with Crippen molar-refractivity contribution in [3.05, 3.63) is 35.4 Å². The largest absolute Gasteiger partial charge is 0.390 e. The molecule has 1 fully saturated rings. The van der Waals surface area contributed by atoms with Crippen molar-refractivity contribution in [1.82, 2.24) is 10.2 Å². The van der Waals surface area contributed by atoms with Crippen LogP contribution in [0.4, 0.5) is 0 Å². The molecule has 0 radical (unpaired) electrons. The van der Waals surface area contributed by atoms with Crippen LogP contribution in [0.15, 0.2) is 24.3 Å². The molecule has 1 aliphatic heterocycles. The summed E-state index contributed by atoms with van der Waals surface area (Å²) < 4.78 is 0. The molecule has 5 heteroatoms. The number of rotatable bonds is 3. The van der Waals surface area contributed by atoms with Crippen molar-refractivity contribution in [2.45, 2.75) is 31.9 Å². The van der Waals surface area contributed by atoms with Crippen molar-refractivity contribution >= 4 is 11.8 Å². The first-order chi connectivity index (χ1) is 10.1. The van der Waals surface area contributed by atoms with E-state index in [2.05, 4.69) is 5.32 Å². The Morgan fingerprint density at radius 3 is 2.86 bits per heavy atom. The molecule has 3 rings (SSSR count). The van der Waals surface area contributed by atoms with Crippen LogP contribution in [0.1, 0.15) is 30.5 Å². The molecule has 0 spiro atoms. The maximum Gasteiger partial charge on any atom is 0.225 e. The SMILES string of the molecule is CCN1CC(C(=O)N[C@H]2c3ccccc3C[C@H]2O)CC1=O. The number of aliphatic hydroxyl groups excluding tert-OH is 1. The second-order valence-electron chi connectivity index (χ2n) is 5.79. The molecular formula is C16H20N2O3. The first-order valence-electron chi connectivity index (χ1n) is 7.44. The summed E-state index contributed by atoms with van der Waals surface area (Å²) in [5.41, 5.74) is 2.06. The number of carbonyl (C=O) groups excluding carboxylic acids is 2. The summed E-state index contributed by atoms with van der Waals surface area (Å²) in [4.78, 5) is 25.8. The van der Waals surface area contributed by atoms with Crippen LogP contribution in [-0.2, 0) is 16.0 Å². The number of aliphatic hydroxyl groups is 1. The first-order valence-corrected chi connectivity index (χ1v) is 7.44. The van der Waals surface area contributed by atoms with E-state index in [1.807, 2.05) is 31.2 Å². The van der Waals surface area contributed by atoms with Crippen molar-refractivity contribution in [1.29, 1.82) is 0 Å². The number of likely N-dealkylation sites (tertiary alicyclic amines) is 1. The predicted molar refractivity (Wildman–Crippen MR) is 77.4 cm³/mol. The molecule has 2 amide bonds. The molecule has 0 bridgehead atoms. The van der Waals surface area contributed by atoms with Crippen molar-refractivity contribution in [2.24, 2.45) is 5.92 Å². The van der Waals surface area contributed by atoms with Gasteiger partial charge in [-0.15, -0.1) is 0 Å². The molecule has 1 unspecified atom stereocenters. The van der Waals surface area contributed by atoms with Crippen LogP contribution in [0.25, 0.3) is 0 Å². The Balaban J connectivity index is 1.70. The molecule has 1 aliphatic carbocycles. The molecule has 2 N–H and O–H groups in total. The van der Waals surface area contributed by atoms with Gasteiger partial charge in [0.2, 0.25) is 11.8 Å². The molecular weight excluding hydrogens is 268 g/mol. The normalized spacial score (nSPS) is 27.8. The molecule has 3 atom stereocenters. The number of hydrogen-bond donors (Lipinski definition) is 2. The standard InChI is InChI=1S/C16H20N2O3/c1-2-18-9-11(8-14(18)20)16(21)17-15-12-6-4-3-5-10(12)7-13(15)19/h3-6,11,13,15,19H,2,7-9H2,1H3,(H,17,21)/t11?,13-,15+/m1/s1. The second kappa shape index (κ2) is 5.48. The maximum atomic E-state index is 12.4. The van der Waals surface area contributed by atoms with Gasteiger partial charge >= 0.3 is 0 Å². The van der Waals surface area contributed by atoms with E-state index in [1.54, 1.807) is 4.90 Å². The number of fused-ring (bicyclic) bond motifs is 1. The van der Waals surface area contributed by atoms with Gasteiger partial charge in [-0.2, -0.15) is 0 Å². The van der Waals surface area contributed by atoms with E-state index in [0.29, 0.717) is 19.5 Å². The monoisotopic (exact) mass is 288 g/mol. The Labute approximate surface area is 123 Å². The molecule has 2 aliphatic rings. The Kier molecular flexibility index (Phi) is 3.68. The van der Waals surface area contributed by atoms with Crippen molar-refractivity contribution in [2.75, 3.05) is 13.1 Å². The number of hydrogen-bond acceptors (Lipinski definition) is 3. The number of benzene rings is 1. The summed E-state index contributed by atoms with van der Waals surface area (Å²) in [5, 5.41) is 13.1. The fourth-order valence-electron chi connectivity index (χ4n) is 3.27. The number of carbonyl (C=O) groups is 2. The van der Waals surface area contributed by atoms with Gasteiger partial charge in [-0.25, -0.2) is 0 Å². The summed E-state index contributed by atoms with van der Waals surface area (Å²) >= 11 is 0. The predicted octanol–water partition coefficient (Wildman–Crippen LogP) is 0.629. The zero-order valence-electron chi connectivity index (χ0n) is 12.1. The Morgan fingerprint density at radius 1 is 1.38 bits per heavy atom. The lowest BCUT2D eigenvalue weighted by molar-refractivity contribution is -0.129. The van der Waals surface area contributed by atoms with E-state index in [-0.39, 0.29) is 30.2 Å². The summed E-state index contributed by atoms with van der Waals surface area (Å²) in [6.45, 7) is 3.03. The van der Waals surface area contributed by atoms with Crippen LogP contribution in [0.3, 0.4) is 0 Å². The molecule has 0 saturated carbocycles. The van der Waals surface area contributed by atoms with Gasteiger partial charge in [0.05, 0.1) is 18.1 Å². The maximum absolute atomic E-state index is 12.4. The lowest BCUT2D eigenvalue weighted by Gasteiger charge is -2.20. The smallest absolute Gasteiger partial charge is 0.225 e. The molecule has 21 heavy (non-hydrogen) atoms. The zero-order valence-corrected chi connectivity index (χ0v) is 12.1. The highest BCUT2D eigenvalue weighted by Crippen LogP contribution is 2.32. The second-order valence-corrected chi connectivity index (χ2v) is 5.79. The highest BCUT2D eigenvalue weighted by molar-refractivity contribution is 5.89. The molecule has 5 nitrogen and oxygen atoms in total. The first kappa shape index (κ1) is 14.1. The number of amides is 2. The third-order valence-electron chi connectivity index (χ3n) is 4.47. The van der Waals surface area contributed by atoms with Crippen LogP contribution >= 0.6 is 0 Å². The van der Waals surface area contributed by atoms with Gasteiger partial charge in [0, 0.05) is 25.9 Å². The molecule has 1 aromatic rings. The molecule has 0 aromatic heterocycles. The topological polar surface area (TPSA) is 69.6 Å². The van der Waals surface area contributed by atoms with Crippen LogP contribution in [-0.4, -0.2) is 41.0 Å². The summed E-state index contributed by atoms with van der Waals surface area (Å²) in [6, 6.07) is 7.40. The van der Waals surface area contributed by atoms with Crippen LogP contribution in [0, 0.1) is 5.92 Å². The lowest BCUT2D eigenvalue weighted by Crippen LogP contribution is -2.38. The molecule has 1 aromatic carbocycles. The Hall–Kier alpha value is -1.88. The van der Waals surface area contributed by atoms with Gasteiger partial charge in [-0.3, -0.25) is 9.59 Å². The fraction of sp³-hybridized carbons (Fsp3) is 0.500. The number of nitrogens with zero attached hydrogens (tertiary/aromatic N) is 1. The van der Waals surface area contributed by atoms with E-state index in [1.165, 1.54) is 0 Å². The lowest BCUT2D eigenvalue weighted by atomic mass is 10.0. The van der Waals surface area contributed by atoms with Gasteiger partial charge < -0.3 is 15.3 Å². The van der Waals surface area contributed by atoms with Crippen LogP contribution in [0.5, 0.6) is 0 Å². The minimum absolute atomic E-state index is 0.0324. The van der Waals surface area contributed by atoms with Gasteiger partial charge in [-0.05, 0) is 18.1 Å². The van der Waals surface area contributed by atoms with E-state index in [0.717, 1.165) is 11.1 Å². The highest BCUT2D eigenvalue weighted by Gasteiger charge is 2.37. The molecule has 112 valence electrons. The minimum Gasteiger partial charge on any atom is -0.390 e. The average Bonchev–Trinajstić information content (AvgIpc) is 3.00. The fourth-order valence-corrected chi connectivity index (χ4v) is 3.27. The van der Waals surface area contributed by atoms with E-state index in [9.17, 15) is 14.7 Å². The van der Waals surface area contributed by atoms with Crippen molar-refractivity contribution < 1.29 is 14.7 Å². The van der Waals surface area contributed by atoms with Gasteiger partial charge in [0.1, 0.15) is 0 Å².